The fraction of sp³-hybridized carbons (Fsp3) is 0.524. The van der Waals surface area contributed by atoms with Crippen LogP contribution < -0.4 is 0 Å². The molecule has 0 aromatic heterocycles. The topological polar surface area (TPSA) is 73.6 Å². The quantitative estimate of drug-likeness (QED) is 0.903. The summed E-state index contributed by atoms with van der Waals surface area (Å²) in [7, 11) is 1.73. The molecule has 0 bridgehead atoms. The van der Waals surface area contributed by atoms with Gasteiger partial charge < -0.3 is 14.7 Å². The van der Waals surface area contributed by atoms with E-state index in [1.54, 1.807) is 21.0 Å². The molecule has 0 amide bonds. The third-order valence-electron chi connectivity index (χ3n) is 5.68. The van der Waals surface area contributed by atoms with Gasteiger partial charge in [-0.25, -0.2) is 0 Å². The summed E-state index contributed by atoms with van der Waals surface area (Å²) in [6.07, 6.45) is 1.90. The van der Waals surface area contributed by atoms with E-state index in [1.807, 2.05) is 18.2 Å². The molecule has 1 saturated heterocycles. The summed E-state index contributed by atoms with van der Waals surface area (Å²) in [6, 6.07) is 7.82. The first-order valence-corrected chi connectivity index (χ1v) is 9.02. The Morgan fingerprint density at radius 2 is 1.96 bits per heavy atom. The number of nitrogens with zero attached hydrogens (tertiary/aromatic N) is 2. The summed E-state index contributed by atoms with van der Waals surface area (Å²) in [5.41, 5.74) is 2.37. The summed E-state index contributed by atoms with van der Waals surface area (Å²) < 4.78 is 5.61. The Bertz CT molecular complexity index is 804. The van der Waals surface area contributed by atoms with E-state index in [1.165, 1.54) is 0 Å². The third-order valence-corrected chi connectivity index (χ3v) is 5.68. The maximum absolute atomic E-state index is 12.5. The van der Waals surface area contributed by atoms with Gasteiger partial charge in [0.15, 0.2) is 5.78 Å². The summed E-state index contributed by atoms with van der Waals surface area (Å²) in [5, 5.41) is 20.0. The van der Waals surface area contributed by atoms with Crippen LogP contribution in [0.15, 0.2) is 23.8 Å². The number of ether oxygens (including phenoxy) is 1. The number of nitriles is 1. The predicted molar refractivity (Wildman–Crippen MR) is 99.2 cm³/mol. The number of carbonyl (C=O) groups is 1. The van der Waals surface area contributed by atoms with Crippen LogP contribution in [0.3, 0.4) is 0 Å². The Morgan fingerprint density at radius 3 is 2.50 bits per heavy atom. The van der Waals surface area contributed by atoms with Crippen LogP contribution in [-0.2, 0) is 21.6 Å². The van der Waals surface area contributed by atoms with Crippen LogP contribution in [0.1, 0.15) is 50.3 Å². The number of rotatable bonds is 3. The molecular weight excluding hydrogens is 328 g/mol. The Labute approximate surface area is 154 Å². The van der Waals surface area contributed by atoms with Crippen LogP contribution in [0.25, 0.3) is 5.70 Å². The molecular formula is C21H26N2O3. The molecule has 1 aliphatic heterocycles. The number of hydrogen-bond acceptors (Lipinski definition) is 5. The van der Waals surface area contributed by atoms with Crippen molar-refractivity contribution in [2.45, 2.75) is 51.2 Å². The largest absolute Gasteiger partial charge is 0.386 e. The minimum absolute atomic E-state index is 0.133. The van der Waals surface area contributed by atoms with Gasteiger partial charge in [0.2, 0.25) is 0 Å². The molecule has 3 rings (SSSR count). The lowest BCUT2D eigenvalue weighted by atomic mass is 9.83. The summed E-state index contributed by atoms with van der Waals surface area (Å²) in [6.45, 7) is 7.02. The van der Waals surface area contributed by atoms with E-state index >= 15 is 0 Å². The number of allylic oxidation sites excluding steroid dienone is 1. The lowest BCUT2D eigenvalue weighted by Crippen LogP contribution is -2.43. The van der Waals surface area contributed by atoms with Gasteiger partial charge in [0, 0.05) is 32.2 Å². The van der Waals surface area contributed by atoms with E-state index in [0.29, 0.717) is 5.70 Å². The van der Waals surface area contributed by atoms with Gasteiger partial charge >= 0.3 is 0 Å². The van der Waals surface area contributed by atoms with Gasteiger partial charge in [-0.2, -0.15) is 5.26 Å². The molecule has 138 valence electrons. The van der Waals surface area contributed by atoms with Crippen molar-refractivity contribution in [2.75, 3.05) is 20.2 Å². The number of hydrogen-bond donors (Lipinski definition) is 1. The Hall–Kier alpha value is -2.16. The summed E-state index contributed by atoms with van der Waals surface area (Å²) >= 11 is 0. The lowest BCUT2D eigenvalue weighted by Gasteiger charge is -2.41. The maximum Gasteiger partial charge on any atom is 0.179 e. The number of benzene rings is 1. The smallest absolute Gasteiger partial charge is 0.179 e. The molecule has 1 N–H and O–H groups in total. The fourth-order valence-electron chi connectivity index (χ4n) is 3.71. The summed E-state index contributed by atoms with van der Waals surface area (Å²) in [5.74, 6) is -0.133. The zero-order chi connectivity index (χ0) is 19.1. The molecule has 5 heteroatoms. The first kappa shape index (κ1) is 18.6. The molecule has 1 aliphatic carbocycles. The molecule has 1 fully saturated rings. The summed E-state index contributed by atoms with van der Waals surface area (Å²) in [4.78, 5) is 14.7. The van der Waals surface area contributed by atoms with E-state index < -0.39 is 5.60 Å². The number of likely N-dealkylation sites (tertiary alicyclic amines) is 1. The standard InChI is InChI=1S/C21H26N2O3/c1-20(2,25)15-6-5-14-11-18(24)17(13-22)19(16(14)12-15)23-9-7-21(3,26-4)8-10-23/h5-6,12,25H,7-11H2,1-4H3. The highest BCUT2D eigenvalue weighted by Gasteiger charge is 2.35. The van der Waals surface area contributed by atoms with Crippen molar-refractivity contribution in [3.63, 3.8) is 0 Å². The highest BCUT2D eigenvalue weighted by molar-refractivity contribution is 6.10. The van der Waals surface area contributed by atoms with Crippen molar-refractivity contribution in [2.24, 2.45) is 0 Å². The van der Waals surface area contributed by atoms with Gasteiger partial charge in [-0.05, 0) is 50.8 Å². The molecule has 0 unspecified atom stereocenters. The highest BCUT2D eigenvalue weighted by atomic mass is 16.5. The predicted octanol–water partition coefficient (Wildman–Crippen LogP) is 2.77. The van der Waals surface area contributed by atoms with Crippen LogP contribution in [0.2, 0.25) is 0 Å². The second-order valence-corrected chi connectivity index (χ2v) is 8.01. The van der Waals surface area contributed by atoms with Crippen molar-refractivity contribution in [3.8, 4) is 6.07 Å². The number of piperidine rings is 1. The molecule has 2 aliphatic rings. The molecule has 0 atom stereocenters. The van der Waals surface area contributed by atoms with Gasteiger partial charge in [-0.1, -0.05) is 12.1 Å². The number of carbonyl (C=O) groups excluding carboxylic acids is 1. The maximum atomic E-state index is 12.5. The minimum atomic E-state index is -0.981. The van der Waals surface area contributed by atoms with E-state index in [9.17, 15) is 15.2 Å². The Morgan fingerprint density at radius 1 is 1.31 bits per heavy atom. The molecule has 0 saturated carbocycles. The third kappa shape index (κ3) is 3.27. The second-order valence-electron chi connectivity index (χ2n) is 8.01. The van der Waals surface area contributed by atoms with Crippen LogP contribution >= 0.6 is 0 Å². The number of fused-ring (bicyclic) bond motifs is 1. The number of methoxy groups -OCH3 is 1. The fourth-order valence-corrected chi connectivity index (χ4v) is 3.71. The number of Topliss-reactive ketones (excluding diaryl/α,β-unsaturated/α-hetero) is 1. The van der Waals surface area contributed by atoms with E-state index in [2.05, 4.69) is 17.9 Å². The van der Waals surface area contributed by atoms with E-state index in [-0.39, 0.29) is 23.4 Å². The van der Waals surface area contributed by atoms with Crippen LogP contribution in [0.4, 0.5) is 0 Å². The average Bonchev–Trinajstić information content (AvgIpc) is 2.60. The zero-order valence-electron chi connectivity index (χ0n) is 15.9. The second kappa shape index (κ2) is 6.53. The highest BCUT2D eigenvalue weighted by Crippen LogP contribution is 2.37. The minimum Gasteiger partial charge on any atom is -0.386 e. The molecule has 1 heterocycles. The SMILES string of the molecule is COC1(C)CCN(C2=C(C#N)C(=O)Cc3ccc(C(C)(C)O)cc32)CC1. The zero-order valence-corrected chi connectivity index (χ0v) is 15.9. The molecule has 26 heavy (non-hydrogen) atoms. The lowest BCUT2D eigenvalue weighted by molar-refractivity contribution is -0.114. The van der Waals surface area contributed by atoms with E-state index in [0.717, 1.165) is 42.6 Å². The van der Waals surface area contributed by atoms with Crippen molar-refractivity contribution >= 4 is 11.5 Å². The van der Waals surface area contributed by atoms with Crippen molar-refractivity contribution in [1.29, 1.82) is 5.26 Å². The first-order chi connectivity index (χ1) is 12.2. The van der Waals surface area contributed by atoms with Gasteiger partial charge in [-0.15, -0.1) is 0 Å². The molecule has 1 aromatic rings. The monoisotopic (exact) mass is 354 g/mol. The molecule has 5 nitrogen and oxygen atoms in total. The first-order valence-electron chi connectivity index (χ1n) is 9.02. The van der Waals surface area contributed by atoms with Gasteiger partial charge in [0.05, 0.1) is 16.9 Å². The molecule has 0 radical (unpaired) electrons. The van der Waals surface area contributed by atoms with Crippen LogP contribution in [0, 0.1) is 11.3 Å². The van der Waals surface area contributed by atoms with Gasteiger partial charge in [0.1, 0.15) is 11.6 Å². The average molecular weight is 354 g/mol. The van der Waals surface area contributed by atoms with Gasteiger partial charge in [0.25, 0.3) is 0 Å². The normalized spacial score (nSPS) is 20.0. The van der Waals surface area contributed by atoms with Crippen molar-refractivity contribution in [1.82, 2.24) is 4.90 Å². The van der Waals surface area contributed by atoms with Crippen molar-refractivity contribution < 1.29 is 14.6 Å². The van der Waals surface area contributed by atoms with Crippen LogP contribution in [0.5, 0.6) is 0 Å². The molecule has 0 spiro atoms. The Balaban J connectivity index is 2.07. The Kier molecular flexibility index (Phi) is 4.68. The van der Waals surface area contributed by atoms with Crippen LogP contribution in [-0.4, -0.2) is 41.6 Å². The molecule has 1 aromatic carbocycles. The van der Waals surface area contributed by atoms with Crippen molar-refractivity contribution in [3.05, 3.63) is 40.5 Å². The number of aliphatic hydroxyl groups is 1. The number of ketones is 1. The van der Waals surface area contributed by atoms with E-state index in [4.69, 9.17) is 4.74 Å². The van der Waals surface area contributed by atoms with Gasteiger partial charge in [-0.3, -0.25) is 4.79 Å².